The van der Waals surface area contributed by atoms with Gasteiger partial charge in [-0.25, -0.2) is 13.4 Å². The number of nitrogens with zero attached hydrogens (tertiary/aromatic N) is 5. The molecule has 10 nitrogen and oxygen atoms in total. The lowest BCUT2D eigenvalue weighted by molar-refractivity contribution is -0.114. The molecule has 11 heteroatoms. The minimum absolute atomic E-state index is 0.0233. The van der Waals surface area contributed by atoms with Crippen LogP contribution in [0.1, 0.15) is 10.4 Å². The van der Waals surface area contributed by atoms with Gasteiger partial charge in [-0.15, -0.1) is 0 Å². The molecule has 5 rings (SSSR count). The largest absolute Gasteiger partial charge is 0.379 e. The summed E-state index contributed by atoms with van der Waals surface area (Å²) in [6.45, 7) is 4.44. The van der Waals surface area contributed by atoms with E-state index in [9.17, 15) is 18.0 Å². The van der Waals surface area contributed by atoms with Gasteiger partial charge < -0.3 is 9.64 Å². The maximum absolute atomic E-state index is 13.0. The second-order valence-corrected chi connectivity index (χ2v) is 10.1. The van der Waals surface area contributed by atoms with Gasteiger partial charge in [-0.2, -0.15) is 4.31 Å². The Balaban J connectivity index is 1.30. The maximum atomic E-state index is 13.0. The van der Waals surface area contributed by atoms with Crippen molar-refractivity contribution in [2.45, 2.75) is 4.90 Å². The Hall–Kier alpha value is -2.86. The Kier molecular flexibility index (Phi) is 5.87. The van der Waals surface area contributed by atoms with E-state index in [4.69, 9.17) is 4.74 Å². The van der Waals surface area contributed by atoms with Gasteiger partial charge in [-0.1, -0.05) is 6.07 Å². The number of Topliss-reactive ketones (excluding diaryl/α,β-unsaturated/α-hetero) is 1. The molecule has 3 aliphatic heterocycles. The van der Waals surface area contributed by atoms with Gasteiger partial charge in [0, 0.05) is 45.5 Å². The average Bonchev–Trinajstić information content (AvgIpc) is 3.10. The number of pyridine rings is 1. The summed E-state index contributed by atoms with van der Waals surface area (Å²) >= 11 is 0. The first kappa shape index (κ1) is 22.0. The Bertz CT molecular complexity index is 1160. The molecule has 2 fully saturated rings. The predicted octanol–water partition coefficient (Wildman–Crippen LogP) is 0.412. The van der Waals surface area contributed by atoms with E-state index in [1.807, 2.05) is 18.2 Å². The quantitative estimate of drug-likeness (QED) is 0.578. The standard InChI is InChI=1S/C22H25N5O5S/c28-21-18-15-17(33(30,31)26-11-13-32-14-12-26)4-5-19(18)27(22(21)29)16-24-7-9-25(10-8-24)20-3-1-2-6-23-20/h1-6,15H,7-14,16H2. The Morgan fingerprint density at radius 3 is 2.39 bits per heavy atom. The number of ether oxygens (including phenoxy) is 1. The summed E-state index contributed by atoms with van der Waals surface area (Å²) in [6.07, 6.45) is 1.76. The molecule has 0 spiro atoms. The van der Waals surface area contributed by atoms with Crippen molar-refractivity contribution < 1.29 is 22.7 Å². The number of carbonyl (C=O) groups excluding carboxylic acids is 2. The van der Waals surface area contributed by atoms with E-state index in [0.29, 0.717) is 32.0 Å². The smallest absolute Gasteiger partial charge is 0.300 e. The number of anilines is 2. The van der Waals surface area contributed by atoms with Crippen LogP contribution >= 0.6 is 0 Å². The number of carbonyl (C=O) groups is 2. The van der Waals surface area contributed by atoms with Gasteiger partial charge in [0.2, 0.25) is 10.0 Å². The van der Waals surface area contributed by atoms with Crippen molar-refractivity contribution in [2.24, 2.45) is 0 Å². The zero-order valence-corrected chi connectivity index (χ0v) is 18.9. The van der Waals surface area contributed by atoms with E-state index >= 15 is 0 Å². The molecule has 2 aromatic rings. The van der Waals surface area contributed by atoms with Crippen molar-refractivity contribution in [1.29, 1.82) is 0 Å². The third-order valence-electron chi connectivity index (χ3n) is 6.24. The van der Waals surface area contributed by atoms with Gasteiger partial charge in [0.25, 0.3) is 5.78 Å². The number of hydrogen-bond acceptors (Lipinski definition) is 8. The molecule has 33 heavy (non-hydrogen) atoms. The second-order valence-electron chi connectivity index (χ2n) is 8.19. The molecule has 0 atom stereocenters. The molecule has 1 aromatic heterocycles. The highest BCUT2D eigenvalue weighted by molar-refractivity contribution is 7.89. The van der Waals surface area contributed by atoms with E-state index in [1.165, 1.54) is 21.3 Å². The molecule has 1 amide bonds. The van der Waals surface area contributed by atoms with E-state index in [-0.39, 0.29) is 30.2 Å². The normalized spacial score (nSPS) is 20.4. The zero-order chi connectivity index (χ0) is 23.0. The SMILES string of the molecule is O=C1C(=O)N(CN2CCN(c3ccccn3)CC2)c2ccc(S(=O)(=O)N3CCOCC3)cc21. The number of ketones is 1. The maximum Gasteiger partial charge on any atom is 0.300 e. The van der Waals surface area contributed by atoms with Crippen LogP contribution < -0.4 is 9.80 Å². The number of fused-ring (bicyclic) bond motifs is 1. The van der Waals surface area contributed by atoms with Crippen molar-refractivity contribution >= 4 is 33.2 Å². The van der Waals surface area contributed by atoms with Crippen LogP contribution in [0.15, 0.2) is 47.5 Å². The van der Waals surface area contributed by atoms with Gasteiger partial charge in [-0.3, -0.25) is 19.4 Å². The summed E-state index contributed by atoms with van der Waals surface area (Å²) in [5.74, 6) is -0.377. The van der Waals surface area contributed by atoms with Crippen LogP contribution in [0, 0.1) is 0 Å². The summed E-state index contributed by atoms with van der Waals surface area (Å²) in [4.78, 5) is 35.6. The monoisotopic (exact) mass is 471 g/mol. The minimum atomic E-state index is -3.75. The molecule has 0 N–H and O–H groups in total. The molecule has 0 unspecified atom stereocenters. The lowest BCUT2D eigenvalue weighted by atomic mass is 10.1. The Labute approximate surface area is 192 Å². The van der Waals surface area contributed by atoms with Crippen molar-refractivity contribution in [3.8, 4) is 0 Å². The van der Waals surface area contributed by atoms with E-state index in [0.717, 1.165) is 18.9 Å². The third kappa shape index (κ3) is 4.12. The molecule has 174 valence electrons. The molecule has 3 aliphatic rings. The number of rotatable bonds is 5. The lowest BCUT2D eigenvalue weighted by Crippen LogP contribution is -2.51. The average molecular weight is 472 g/mol. The van der Waals surface area contributed by atoms with Crippen molar-refractivity contribution in [3.63, 3.8) is 0 Å². The van der Waals surface area contributed by atoms with E-state index in [2.05, 4.69) is 14.8 Å². The van der Waals surface area contributed by atoms with Crippen molar-refractivity contribution in [1.82, 2.24) is 14.2 Å². The summed E-state index contributed by atoms with van der Waals surface area (Å²) in [6, 6.07) is 10.2. The summed E-state index contributed by atoms with van der Waals surface area (Å²) < 4.78 is 32.5. The Morgan fingerprint density at radius 1 is 0.939 bits per heavy atom. The first-order valence-corrected chi connectivity index (χ1v) is 12.4. The molecule has 0 aliphatic carbocycles. The van der Waals surface area contributed by atoms with Crippen LogP contribution in [-0.2, 0) is 19.6 Å². The molecular weight excluding hydrogens is 446 g/mol. The third-order valence-corrected chi connectivity index (χ3v) is 8.13. The Morgan fingerprint density at radius 2 is 1.70 bits per heavy atom. The lowest BCUT2D eigenvalue weighted by Gasteiger charge is -2.37. The highest BCUT2D eigenvalue weighted by Crippen LogP contribution is 2.32. The zero-order valence-electron chi connectivity index (χ0n) is 18.1. The molecule has 0 radical (unpaired) electrons. The van der Waals surface area contributed by atoms with Gasteiger partial charge >= 0.3 is 5.91 Å². The van der Waals surface area contributed by atoms with Crippen molar-refractivity contribution in [2.75, 3.05) is 69.0 Å². The van der Waals surface area contributed by atoms with Crippen LogP contribution in [0.5, 0.6) is 0 Å². The molecule has 0 bridgehead atoms. The van der Waals surface area contributed by atoms with Crippen LogP contribution in [0.4, 0.5) is 11.5 Å². The van der Waals surface area contributed by atoms with Crippen molar-refractivity contribution in [3.05, 3.63) is 48.2 Å². The van der Waals surface area contributed by atoms with Gasteiger partial charge in [0.1, 0.15) is 5.82 Å². The number of morpholine rings is 1. The van der Waals surface area contributed by atoms with Crippen LogP contribution in [0.25, 0.3) is 0 Å². The number of benzene rings is 1. The number of aromatic nitrogens is 1. The van der Waals surface area contributed by atoms with Crippen LogP contribution in [0.2, 0.25) is 0 Å². The van der Waals surface area contributed by atoms with E-state index in [1.54, 1.807) is 12.3 Å². The number of amides is 1. The number of sulfonamides is 1. The van der Waals surface area contributed by atoms with E-state index < -0.39 is 21.7 Å². The topological polar surface area (TPSA) is 103 Å². The number of piperazine rings is 1. The molecule has 1 aromatic carbocycles. The highest BCUT2D eigenvalue weighted by atomic mass is 32.2. The highest BCUT2D eigenvalue weighted by Gasteiger charge is 2.38. The molecule has 4 heterocycles. The van der Waals surface area contributed by atoms with Crippen LogP contribution in [-0.4, -0.2) is 93.4 Å². The summed E-state index contributed by atoms with van der Waals surface area (Å²) in [7, 11) is -3.75. The van der Waals surface area contributed by atoms with Crippen LogP contribution in [0.3, 0.4) is 0 Å². The van der Waals surface area contributed by atoms with Gasteiger partial charge in [-0.05, 0) is 30.3 Å². The van der Waals surface area contributed by atoms with Gasteiger partial charge in [0.15, 0.2) is 0 Å². The fourth-order valence-corrected chi connectivity index (χ4v) is 5.81. The molecule has 0 saturated carbocycles. The minimum Gasteiger partial charge on any atom is -0.379 e. The molecular formula is C22H25N5O5S. The summed E-state index contributed by atoms with van der Waals surface area (Å²) in [5, 5.41) is 0. The predicted molar refractivity (Wildman–Crippen MR) is 121 cm³/mol. The second kappa shape index (κ2) is 8.82. The fraction of sp³-hybridized carbons (Fsp3) is 0.409. The number of hydrogen-bond donors (Lipinski definition) is 0. The summed E-state index contributed by atoms with van der Waals surface area (Å²) in [5.41, 5.74) is 0.597. The first-order valence-electron chi connectivity index (χ1n) is 10.9. The fourth-order valence-electron chi connectivity index (χ4n) is 4.38. The molecule has 2 saturated heterocycles. The first-order chi connectivity index (χ1) is 15.9. The van der Waals surface area contributed by atoms with Gasteiger partial charge in [0.05, 0.1) is 36.0 Å².